The van der Waals surface area contributed by atoms with Crippen molar-refractivity contribution in [1.29, 1.82) is 0 Å². The van der Waals surface area contributed by atoms with Gasteiger partial charge in [-0.05, 0) is 80.8 Å². The number of ether oxygens (including phenoxy) is 1. The summed E-state index contributed by atoms with van der Waals surface area (Å²) in [6.45, 7) is 8.11. The number of benzene rings is 1. The van der Waals surface area contributed by atoms with E-state index < -0.39 is 0 Å². The molecule has 0 spiro atoms. The van der Waals surface area contributed by atoms with Gasteiger partial charge in [-0.3, -0.25) is 4.98 Å². The highest BCUT2D eigenvalue weighted by molar-refractivity contribution is 5.84. The maximum Gasteiger partial charge on any atom is 0.123 e. The summed E-state index contributed by atoms with van der Waals surface area (Å²) in [6, 6.07) is 6.41. The van der Waals surface area contributed by atoms with Gasteiger partial charge in [-0.15, -0.1) is 0 Å². The maximum atomic E-state index is 6.37. The zero-order valence-electron chi connectivity index (χ0n) is 15.2. The fourth-order valence-corrected chi connectivity index (χ4v) is 4.19. The molecule has 3 heterocycles. The molecule has 1 aromatic heterocycles. The molecule has 2 saturated heterocycles. The van der Waals surface area contributed by atoms with Crippen LogP contribution in [0.5, 0.6) is 5.75 Å². The molecule has 0 aliphatic carbocycles. The number of nitrogens with one attached hydrogen (secondary N) is 1. The Morgan fingerprint density at radius 1 is 1.20 bits per heavy atom. The normalized spacial score (nSPS) is 23.0. The van der Waals surface area contributed by atoms with Crippen molar-refractivity contribution in [3.05, 3.63) is 36.2 Å². The van der Waals surface area contributed by atoms with Crippen molar-refractivity contribution in [3.8, 4) is 5.75 Å². The second-order valence-electron chi connectivity index (χ2n) is 7.67. The molecule has 0 bridgehead atoms. The van der Waals surface area contributed by atoms with E-state index in [1.165, 1.54) is 48.8 Å². The number of likely N-dealkylation sites (tertiary alicyclic amines) is 1. The van der Waals surface area contributed by atoms with Gasteiger partial charge in [0.15, 0.2) is 0 Å². The fourth-order valence-electron chi connectivity index (χ4n) is 4.19. The Kier molecular flexibility index (Phi) is 5.18. The van der Waals surface area contributed by atoms with E-state index in [1.54, 1.807) is 0 Å². The van der Waals surface area contributed by atoms with Gasteiger partial charge in [-0.25, -0.2) is 0 Å². The SMILES string of the molecule is Cc1cc2cnccc2cc1OC1CCN(CC2CCCNC2)CC1. The number of pyridine rings is 1. The van der Waals surface area contributed by atoms with Crippen molar-refractivity contribution in [2.75, 3.05) is 32.7 Å². The maximum absolute atomic E-state index is 6.37. The standard InChI is InChI=1S/C21H29N3O/c1-16-11-19-14-23-8-4-18(19)12-21(16)25-20-5-9-24(10-6-20)15-17-3-2-7-22-13-17/h4,8,11-12,14,17,20,22H,2-3,5-7,9-10,13,15H2,1H3. The van der Waals surface area contributed by atoms with Gasteiger partial charge >= 0.3 is 0 Å². The lowest BCUT2D eigenvalue weighted by atomic mass is 9.97. The van der Waals surface area contributed by atoms with Gasteiger partial charge < -0.3 is 15.0 Å². The minimum Gasteiger partial charge on any atom is -0.490 e. The second kappa shape index (κ2) is 7.71. The quantitative estimate of drug-likeness (QED) is 0.926. The predicted molar refractivity (Wildman–Crippen MR) is 102 cm³/mol. The molecule has 1 aromatic carbocycles. The summed E-state index contributed by atoms with van der Waals surface area (Å²) in [7, 11) is 0. The third-order valence-electron chi connectivity index (χ3n) is 5.68. The third-order valence-corrected chi connectivity index (χ3v) is 5.68. The van der Waals surface area contributed by atoms with Crippen LogP contribution in [-0.2, 0) is 0 Å². The summed E-state index contributed by atoms with van der Waals surface area (Å²) in [5.74, 6) is 1.87. The number of piperidine rings is 2. The number of aromatic nitrogens is 1. The lowest BCUT2D eigenvalue weighted by Crippen LogP contribution is -2.43. The summed E-state index contributed by atoms with van der Waals surface area (Å²) in [5, 5.41) is 5.92. The molecule has 1 unspecified atom stereocenters. The summed E-state index contributed by atoms with van der Waals surface area (Å²) in [6.07, 6.45) is 9.10. The molecular weight excluding hydrogens is 310 g/mol. The topological polar surface area (TPSA) is 37.4 Å². The number of rotatable bonds is 4. The number of fused-ring (bicyclic) bond motifs is 1. The molecule has 4 rings (SSSR count). The van der Waals surface area contributed by atoms with Crippen LogP contribution in [0.1, 0.15) is 31.2 Å². The van der Waals surface area contributed by atoms with Gasteiger partial charge in [0.1, 0.15) is 11.9 Å². The van der Waals surface area contributed by atoms with Gasteiger partial charge in [0.2, 0.25) is 0 Å². The first kappa shape index (κ1) is 16.8. The Hall–Kier alpha value is -1.65. The molecule has 2 aliphatic heterocycles. The Bertz CT molecular complexity index is 703. The minimum absolute atomic E-state index is 0.346. The minimum atomic E-state index is 0.346. The Morgan fingerprint density at radius 2 is 2.08 bits per heavy atom. The van der Waals surface area contributed by atoms with Crippen LogP contribution < -0.4 is 10.1 Å². The van der Waals surface area contributed by atoms with Crippen LogP contribution >= 0.6 is 0 Å². The monoisotopic (exact) mass is 339 g/mol. The van der Waals surface area contributed by atoms with E-state index in [0.717, 1.165) is 37.6 Å². The lowest BCUT2D eigenvalue weighted by Gasteiger charge is -2.35. The zero-order chi connectivity index (χ0) is 17.1. The van der Waals surface area contributed by atoms with E-state index >= 15 is 0 Å². The number of hydrogen-bond donors (Lipinski definition) is 1. The molecule has 2 aliphatic rings. The summed E-state index contributed by atoms with van der Waals surface area (Å²) in [5.41, 5.74) is 1.20. The van der Waals surface area contributed by atoms with Crippen LogP contribution in [0.15, 0.2) is 30.6 Å². The molecule has 0 saturated carbocycles. The van der Waals surface area contributed by atoms with Crippen LogP contribution in [0.3, 0.4) is 0 Å². The molecule has 1 atom stereocenters. The lowest BCUT2D eigenvalue weighted by molar-refractivity contribution is 0.0876. The van der Waals surface area contributed by atoms with Crippen LogP contribution in [0.25, 0.3) is 10.8 Å². The van der Waals surface area contributed by atoms with Gasteiger partial charge in [0.25, 0.3) is 0 Å². The van der Waals surface area contributed by atoms with E-state index in [9.17, 15) is 0 Å². The summed E-state index contributed by atoms with van der Waals surface area (Å²) < 4.78 is 6.37. The van der Waals surface area contributed by atoms with E-state index in [2.05, 4.69) is 40.3 Å². The first-order valence-corrected chi connectivity index (χ1v) is 9.72. The van der Waals surface area contributed by atoms with Gasteiger partial charge in [0, 0.05) is 37.4 Å². The third kappa shape index (κ3) is 4.13. The van der Waals surface area contributed by atoms with E-state index in [1.807, 2.05) is 12.4 Å². The predicted octanol–water partition coefficient (Wildman–Crippen LogP) is 3.39. The Balaban J connectivity index is 1.33. The molecular formula is C21H29N3O. The van der Waals surface area contributed by atoms with Crippen molar-refractivity contribution in [3.63, 3.8) is 0 Å². The van der Waals surface area contributed by atoms with Crippen molar-refractivity contribution in [2.45, 2.75) is 38.7 Å². The average molecular weight is 339 g/mol. The zero-order valence-corrected chi connectivity index (χ0v) is 15.2. The number of nitrogens with zero attached hydrogens (tertiary/aromatic N) is 2. The van der Waals surface area contributed by atoms with Gasteiger partial charge in [-0.2, -0.15) is 0 Å². The molecule has 4 heteroatoms. The van der Waals surface area contributed by atoms with Crippen LogP contribution in [-0.4, -0.2) is 48.7 Å². The highest BCUT2D eigenvalue weighted by atomic mass is 16.5. The molecule has 134 valence electrons. The second-order valence-corrected chi connectivity index (χ2v) is 7.67. The number of hydrogen-bond acceptors (Lipinski definition) is 4. The molecule has 1 N–H and O–H groups in total. The largest absolute Gasteiger partial charge is 0.490 e. The van der Waals surface area contributed by atoms with Gasteiger partial charge in [-0.1, -0.05) is 0 Å². The summed E-state index contributed by atoms with van der Waals surface area (Å²) >= 11 is 0. The number of aryl methyl sites for hydroxylation is 1. The first-order valence-electron chi connectivity index (χ1n) is 9.72. The van der Waals surface area contributed by atoms with E-state index in [4.69, 9.17) is 4.74 Å². The van der Waals surface area contributed by atoms with Crippen molar-refractivity contribution >= 4 is 10.8 Å². The Morgan fingerprint density at radius 3 is 2.88 bits per heavy atom. The highest BCUT2D eigenvalue weighted by Gasteiger charge is 2.24. The molecule has 2 fully saturated rings. The smallest absolute Gasteiger partial charge is 0.123 e. The molecule has 4 nitrogen and oxygen atoms in total. The van der Waals surface area contributed by atoms with E-state index in [-0.39, 0.29) is 0 Å². The van der Waals surface area contributed by atoms with Crippen LogP contribution in [0.2, 0.25) is 0 Å². The van der Waals surface area contributed by atoms with Gasteiger partial charge in [0.05, 0.1) is 0 Å². The van der Waals surface area contributed by atoms with Crippen LogP contribution in [0.4, 0.5) is 0 Å². The molecule has 0 radical (unpaired) electrons. The molecule has 2 aromatic rings. The Labute approximate surface area is 150 Å². The van der Waals surface area contributed by atoms with Crippen LogP contribution in [0, 0.1) is 12.8 Å². The molecule has 25 heavy (non-hydrogen) atoms. The first-order chi connectivity index (χ1) is 12.3. The summed E-state index contributed by atoms with van der Waals surface area (Å²) in [4.78, 5) is 6.84. The molecule has 0 amide bonds. The average Bonchev–Trinajstić information content (AvgIpc) is 2.65. The van der Waals surface area contributed by atoms with Crippen molar-refractivity contribution in [1.82, 2.24) is 15.2 Å². The fraction of sp³-hybridized carbons (Fsp3) is 0.571. The van der Waals surface area contributed by atoms with Crippen molar-refractivity contribution in [2.24, 2.45) is 5.92 Å². The van der Waals surface area contributed by atoms with E-state index in [0.29, 0.717) is 6.10 Å². The highest BCUT2D eigenvalue weighted by Crippen LogP contribution is 2.28. The van der Waals surface area contributed by atoms with Crippen molar-refractivity contribution < 1.29 is 4.74 Å².